The second kappa shape index (κ2) is 10.2. The van der Waals surface area contributed by atoms with E-state index in [0.29, 0.717) is 23.8 Å². The fourth-order valence-corrected chi connectivity index (χ4v) is 2.19. The van der Waals surface area contributed by atoms with Gasteiger partial charge < -0.3 is 24.8 Å². The van der Waals surface area contributed by atoms with Crippen LogP contribution in [0.5, 0.6) is 17.2 Å². The summed E-state index contributed by atoms with van der Waals surface area (Å²) >= 11 is 0. The van der Waals surface area contributed by atoms with Crippen LogP contribution in [0.15, 0.2) is 12.1 Å². The minimum atomic E-state index is -0.166. The van der Waals surface area contributed by atoms with Crippen LogP contribution in [0.25, 0.3) is 0 Å². The van der Waals surface area contributed by atoms with Gasteiger partial charge in [0.25, 0.3) is 0 Å². The number of carbonyl (C=O) groups excluding carboxylic acids is 1. The van der Waals surface area contributed by atoms with E-state index in [1.165, 1.54) is 0 Å². The molecule has 1 rings (SSSR count). The van der Waals surface area contributed by atoms with Crippen LogP contribution in [-0.2, 0) is 4.79 Å². The highest BCUT2D eigenvalue weighted by Crippen LogP contribution is 2.39. The molecule has 0 saturated carbocycles. The number of amides is 1. The predicted molar refractivity (Wildman–Crippen MR) is 93.0 cm³/mol. The predicted octanol–water partition coefficient (Wildman–Crippen LogP) is 2.17. The van der Waals surface area contributed by atoms with Gasteiger partial charge in [-0.25, -0.2) is 0 Å². The largest absolute Gasteiger partial charge is 0.493 e. The monoisotopic (exact) mass is 346 g/mol. The molecule has 0 bridgehead atoms. The number of hydrogen-bond donors (Lipinski definition) is 2. The first kappa shape index (κ1) is 21.3. The normalized spacial score (nSPS) is 12.6. The van der Waals surface area contributed by atoms with Crippen molar-refractivity contribution in [1.82, 2.24) is 10.6 Å². The zero-order valence-electron chi connectivity index (χ0n) is 14.6. The Hall–Kier alpha value is -1.66. The Morgan fingerprint density at radius 2 is 1.61 bits per heavy atom. The molecule has 1 aromatic rings. The summed E-state index contributed by atoms with van der Waals surface area (Å²) in [6.45, 7) is 4.44. The number of rotatable bonds is 8. The van der Waals surface area contributed by atoms with Crippen molar-refractivity contribution in [2.75, 3.05) is 34.9 Å². The number of ether oxygens (including phenoxy) is 3. The molecule has 0 aliphatic rings. The van der Waals surface area contributed by atoms with Gasteiger partial charge in [0.2, 0.25) is 11.7 Å². The molecular weight excluding hydrogens is 320 g/mol. The summed E-state index contributed by atoms with van der Waals surface area (Å²) in [4.78, 5) is 12.1. The average Bonchev–Trinajstić information content (AvgIpc) is 2.53. The van der Waals surface area contributed by atoms with Gasteiger partial charge in [-0.3, -0.25) is 4.79 Å². The lowest BCUT2D eigenvalue weighted by Gasteiger charge is -2.20. The van der Waals surface area contributed by atoms with Crippen LogP contribution in [0.3, 0.4) is 0 Å². The van der Waals surface area contributed by atoms with E-state index in [-0.39, 0.29) is 30.3 Å². The van der Waals surface area contributed by atoms with E-state index >= 15 is 0 Å². The van der Waals surface area contributed by atoms with Gasteiger partial charge in [-0.15, -0.1) is 12.4 Å². The molecule has 0 aliphatic heterocycles. The van der Waals surface area contributed by atoms with E-state index in [2.05, 4.69) is 10.6 Å². The summed E-state index contributed by atoms with van der Waals surface area (Å²) in [5.74, 6) is 1.57. The van der Waals surface area contributed by atoms with Gasteiger partial charge in [0, 0.05) is 12.5 Å². The maximum Gasteiger partial charge on any atom is 0.224 e. The lowest BCUT2D eigenvalue weighted by atomic mass is 10.1. The van der Waals surface area contributed by atoms with Crippen LogP contribution >= 0.6 is 12.4 Å². The molecule has 132 valence electrons. The molecule has 6 nitrogen and oxygen atoms in total. The second-order valence-electron chi connectivity index (χ2n) is 5.15. The molecule has 0 fully saturated rings. The van der Waals surface area contributed by atoms with E-state index in [9.17, 15) is 4.79 Å². The van der Waals surface area contributed by atoms with E-state index in [4.69, 9.17) is 14.2 Å². The molecule has 0 saturated heterocycles. The smallest absolute Gasteiger partial charge is 0.224 e. The van der Waals surface area contributed by atoms with Crippen molar-refractivity contribution in [2.24, 2.45) is 5.92 Å². The third-order valence-corrected chi connectivity index (χ3v) is 3.50. The zero-order valence-corrected chi connectivity index (χ0v) is 15.4. The summed E-state index contributed by atoms with van der Waals surface area (Å²) in [6.07, 6.45) is 0. The van der Waals surface area contributed by atoms with Crippen LogP contribution in [-0.4, -0.2) is 40.8 Å². The highest BCUT2D eigenvalue weighted by atomic mass is 35.5. The van der Waals surface area contributed by atoms with Gasteiger partial charge in [0.1, 0.15) is 0 Å². The zero-order chi connectivity index (χ0) is 16.7. The molecule has 0 radical (unpaired) electrons. The van der Waals surface area contributed by atoms with Gasteiger partial charge in [0.15, 0.2) is 11.5 Å². The minimum absolute atomic E-state index is 0. The van der Waals surface area contributed by atoms with E-state index in [1.807, 2.05) is 33.0 Å². The van der Waals surface area contributed by atoms with Gasteiger partial charge >= 0.3 is 0 Å². The molecule has 2 atom stereocenters. The summed E-state index contributed by atoms with van der Waals surface area (Å²) < 4.78 is 16.0. The van der Waals surface area contributed by atoms with Gasteiger partial charge in [-0.1, -0.05) is 6.92 Å². The van der Waals surface area contributed by atoms with Crippen molar-refractivity contribution in [2.45, 2.75) is 19.9 Å². The number of benzene rings is 1. The Labute approximate surface area is 144 Å². The van der Waals surface area contributed by atoms with Crippen molar-refractivity contribution in [3.8, 4) is 17.2 Å². The summed E-state index contributed by atoms with van der Waals surface area (Å²) in [5.41, 5.74) is 0.888. The highest BCUT2D eigenvalue weighted by Gasteiger charge is 2.19. The fourth-order valence-electron chi connectivity index (χ4n) is 2.19. The Morgan fingerprint density at radius 1 is 1.09 bits per heavy atom. The molecule has 7 heteroatoms. The summed E-state index contributed by atoms with van der Waals surface area (Å²) in [7, 11) is 6.52. The Bertz CT molecular complexity index is 486. The van der Waals surface area contributed by atoms with E-state index in [0.717, 1.165) is 5.56 Å². The highest BCUT2D eigenvalue weighted by molar-refractivity contribution is 5.85. The van der Waals surface area contributed by atoms with Crippen LogP contribution in [0.4, 0.5) is 0 Å². The molecule has 2 N–H and O–H groups in total. The number of halogens is 1. The number of methoxy groups -OCH3 is 3. The molecule has 1 amide bonds. The first-order chi connectivity index (χ1) is 10.5. The summed E-state index contributed by atoms with van der Waals surface area (Å²) in [6, 6.07) is 3.52. The third kappa shape index (κ3) is 5.48. The first-order valence-electron chi connectivity index (χ1n) is 7.23. The van der Waals surface area contributed by atoms with E-state index < -0.39 is 0 Å². The molecule has 0 heterocycles. The maximum atomic E-state index is 12.1. The Kier molecular flexibility index (Phi) is 9.44. The third-order valence-electron chi connectivity index (χ3n) is 3.50. The first-order valence-corrected chi connectivity index (χ1v) is 7.23. The quantitative estimate of drug-likeness (QED) is 0.755. The van der Waals surface area contributed by atoms with Crippen molar-refractivity contribution < 1.29 is 19.0 Å². The fraction of sp³-hybridized carbons (Fsp3) is 0.562. The van der Waals surface area contributed by atoms with Crippen molar-refractivity contribution in [3.63, 3.8) is 0 Å². The molecule has 0 aromatic heterocycles. The SMILES string of the molecule is CNCC(C)C(=O)NC(C)c1cc(OC)c(OC)c(OC)c1.Cl. The summed E-state index contributed by atoms with van der Waals surface area (Å²) in [5, 5.41) is 5.99. The molecule has 1 aromatic carbocycles. The van der Waals surface area contributed by atoms with Crippen molar-refractivity contribution >= 4 is 18.3 Å². The standard InChI is InChI=1S/C16H26N2O4.ClH/c1-10(9-17-3)16(19)18-11(2)12-7-13(20-4)15(22-6)14(8-12)21-5;/h7-8,10-11,17H,9H2,1-6H3,(H,18,19);1H. The average molecular weight is 347 g/mol. The topological polar surface area (TPSA) is 68.8 Å². The van der Waals surface area contributed by atoms with Gasteiger partial charge in [0.05, 0.1) is 27.4 Å². The van der Waals surface area contributed by atoms with Gasteiger partial charge in [-0.2, -0.15) is 0 Å². The molecular formula is C16H27ClN2O4. The number of nitrogens with one attached hydrogen (secondary N) is 2. The van der Waals surface area contributed by atoms with Crippen LogP contribution in [0.2, 0.25) is 0 Å². The van der Waals surface area contributed by atoms with Crippen molar-refractivity contribution in [3.05, 3.63) is 17.7 Å². The maximum absolute atomic E-state index is 12.1. The molecule has 23 heavy (non-hydrogen) atoms. The minimum Gasteiger partial charge on any atom is -0.493 e. The van der Waals surface area contributed by atoms with Crippen LogP contribution in [0, 0.1) is 5.92 Å². The Morgan fingerprint density at radius 3 is 2.00 bits per heavy atom. The molecule has 2 unspecified atom stereocenters. The van der Waals surface area contributed by atoms with Crippen LogP contribution in [0.1, 0.15) is 25.5 Å². The lowest BCUT2D eigenvalue weighted by molar-refractivity contribution is -0.125. The number of hydrogen-bond acceptors (Lipinski definition) is 5. The lowest BCUT2D eigenvalue weighted by Crippen LogP contribution is -2.35. The second-order valence-corrected chi connectivity index (χ2v) is 5.15. The number of carbonyl (C=O) groups is 1. The van der Waals surface area contributed by atoms with E-state index in [1.54, 1.807) is 21.3 Å². The van der Waals surface area contributed by atoms with Crippen LogP contribution < -0.4 is 24.8 Å². The molecule has 0 aliphatic carbocycles. The molecule has 0 spiro atoms. The Balaban J connectivity index is 0.00000484. The van der Waals surface area contributed by atoms with Gasteiger partial charge in [-0.05, 0) is 31.7 Å². The van der Waals surface area contributed by atoms with Crippen molar-refractivity contribution in [1.29, 1.82) is 0 Å².